The molecule has 0 heterocycles. The van der Waals surface area contributed by atoms with Gasteiger partial charge < -0.3 is 15.4 Å². The third-order valence-corrected chi connectivity index (χ3v) is 4.09. The van der Waals surface area contributed by atoms with E-state index in [0.717, 1.165) is 0 Å². The van der Waals surface area contributed by atoms with E-state index < -0.39 is 0 Å². The molecule has 0 aliphatic carbocycles. The molecule has 2 N–H and O–H groups in total. The molecule has 7 heteroatoms. The predicted molar refractivity (Wildman–Crippen MR) is 109 cm³/mol. The van der Waals surface area contributed by atoms with Crippen LogP contribution < -0.4 is 15.4 Å². The summed E-state index contributed by atoms with van der Waals surface area (Å²) in [6.45, 7) is 4.02. The van der Waals surface area contributed by atoms with Crippen molar-refractivity contribution in [2.45, 2.75) is 13.8 Å². The summed E-state index contributed by atoms with van der Waals surface area (Å²) in [5.74, 6) is 0.107. The average molecular weight is 383 g/mol. The predicted octanol–water partition coefficient (Wildman–Crippen LogP) is 2.80. The number of likely N-dealkylation sites (N-methyl/N-ethyl adjacent to an activating group) is 1. The highest BCUT2D eigenvalue weighted by Crippen LogP contribution is 2.16. The summed E-state index contributed by atoms with van der Waals surface area (Å²) in [5, 5.41) is 5.55. The number of ketones is 1. The molecule has 2 aromatic rings. The van der Waals surface area contributed by atoms with Crippen LogP contribution >= 0.6 is 0 Å². The van der Waals surface area contributed by atoms with Crippen molar-refractivity contribution in [3.63, 3.8) is 0 Å². The van der Waals surface area contributed by atoms with E-state index >= 15 is 0 Å². The maximum Gasteiger partial charge on any atom is 0.238 e. The molecule has 0 saturated heterocycles. The van der Waals surface area contributed by atoms with E-state index in [1.165, 1.54) is 6.92 Å². The molecule has 0 aliphatic rings. The fourth-order valence-corrected chi connectivity index (χ4v) is 2.60. The van der Waals surface area contributed by atoms with Crippen LogP contribution in [-0.2, 0) is 9.59 Å². The van der Waals surface area contributed by atoms with Gasteiger partial charge in [0.15, 0.2) is 5.78 Å². The number of amides is 2. The lowest BCUT2D eigenvalue weighted by molar-refractivity contribution is -0.119. The maximum absolute atomic E-state index is 12.3. The zero-order valence-electron chi connectivity index (χ0n) is 16.3. The number of rotatable bonds is 9. The second-order valence-electron chi connectivity index (χ2n) is 6.27. The van der Waals surface area contributed by atoms with Crippen molar-refractivity contribution in [1.82, 2.24) is 4.90 Å². The Hall–Kier alpha value is -3.19. The quantitative estimate of drug-likeness (QED) is 0.650. The minimum absolute atomic E-state index is 0.0618. The molecular weight excluding hydrogens is 358 g/mol. The molecule has 0 radical (unpaired) electrons. The van der Waals surface area contributed by atoms with Crippen LogP contribution in [0.1, 0.15) is 24.2 Å². The van der Waals surface area contributed by atoms with Crippen molar-refractivity contribution in [3.05, 3.63) is 54.1 Å². The summed E-state index contributed by atoms with van der Waals surface area (Å²) in [7, 11) is 1.56. The number of carbonyl (C=O) groups is 3. The first-order valence-electron chi connectivity index (χ1n) is 8.98. The Morgan fingerprint density at radius 2 is 1.50 bits per heavy atom. The van der Waals surface area contributed by atoms with E-state index in [-0.39, 0.29) is 30.7 Å². The summed E-state index contributed by atoms with van der Waals surface area (Å²) in [4.78, 5) is 37.7. The highest BCUT2D eigenvalue weighted by Gasteiger charge is 2.14. The van der Waals surface area contributed by atoms with Crippen molar-refractivity contribution in [2.75, 3.05) is 37.4 Å². The van der Waals surface area contributed by atoms with E-state index in [0.29, 0.717) is 29.2 Å². The topological polar surface area (TPSA) is 87.7 Å². The third-order valence-electron chi connectivity index (χ3n) is 4.09. The van der Waals surface area contributed by atoms with Gasteiger partial charge in [-0.3, -0.25) is 19.3 Å². The first-order chi connectivity index (χ1) is 13.4. The summed E-state index contributed by atoms with van der Waals surface area (Å²) < 4.78 is 5.14. The number of methoxy groups -OCH3 is 1. The van der Waals surface area contributed by atoms with E-state index in [9.17, 15) is 14.4 Å². The van der Waals surface area contributed by atoms with Gasteiger partial charge in [0, 0.05) is 23.0 Å². The fraction of sp³-hybridized carbons (Fsp3) is 0.286. The van der Waals surface area contributed by atoms with Gasteiger partial charge in [-0.25, -0.2) is 0 Å². The van der Waals surface area contributed by atoms with Crippen LogP contribution in [0.5, 0.6) is 5.75 Å². The Labute approximate surface area is 164 Å². The number of nitrogens with zero attached hydrogens (tertiary/aromatic N) is 1. The third kappa shape index (κ3) is 6.51. The summed E-state index contributed by atoms with van der Waals surface area (Å²) in [5.41, 5.74) is 1.71. The summed E-state index contributed by atoms with van der Waals surface area (Å²) in [6, 6.07) is 13.8. The fourth-order valence-electron chi connectivity index (χ4n) is 2.60. The largest absolute Gasteiger partial charge is 0.497 e. The first kappa shape index (κ1) is 21.1. The monoisotopic (exact) mass is 383 g/mol. The van der Waals surface area contributed by atoms with Gasteiger partial charge in [0.05, 0.1) is 20.2 Å². The minimum atomic E-state index is -0.253. The SMILES string of the molecule is CCN(CC(=O)Nc1cccc(OC)c1)CC(=O)Nc1cccc(C(C)=O)c1. The Bertz CT molecular complexity index is 851. The van der Waals surface area contributed by atoms with Crippen LogP contribution in [0.15, 0.2) is 48.5 Å². The standard InChI is InChI=1S/C21H25N3O4/c1-4-24(14-21(27)23-18-9-6-10-19(12-18)28-3)13-20(26)22-17-8-5-7-16(11-17)15(2)25/h5-12H,4,13-14H2,1-3H3,(H,22,26)(H,23,27). The van der Waals surface area contributed by atoms with Crippen molar-refractivity contribution in [2.24, 2.45) is 0 Å². The van der Waals surface area contributed by atoms with Crippen LogP contribution in [0.4, 0.5) is 11.4 Å². The Balaban J connectivity index is 1.90. The Kier molecular flexibility index (Phi) is 7.71. The van der Waals surface area contributed by atoms with Crippen molar-refractivity contribution in [1.29, 1.82) is 0 Å². The second kappa shape index (κ2) is 10.2. The number of nitrogens with one attached hydrogen (secondary N) is 2. The zero-order valence-corrected chi connectivity index (χ0v) is 16.3. The number of benzene rings is 2. The van der Waals surface area contributed by atoms with Crippen LogP contribution in [-0.4, -0.2) is 49.2 Å². The van der Waals surface area contributed by atoms with Crippen LogP contribution in [0, 0.1) is 0 Å². The van der Waals surface area contributed by atoms with Crippen molar-refractivity contribution in [3.8, 4) is 5.75 Å². The molecule has 0 aliphatic heterocycles. The van der Waals surface area contributed by atoms with Gasteiger partial charge in [-0.1, -0.05) is 25.1 Å². The van der Waals surface area contributed by atoms with Crippen molar-refractivity contribution >= 4 is 29.0 Å². The second-order valence-corrected chi connectivity index (χ2v) is 6.27. The van der Waals surface area contributed by atoms with Gasteiger partial charge in [0.1, 0.15) is 5.75 Å². The lowest BCUT2D eigenvalue weighted by atomic mass is 10.1. The molecule has 148 valence electrons. The number of anilines is 2. The lowest BCUT2D eigenvalue weighted by Crippen LogP contribution is -2.38. The number of Topliss-reactive ketones (excluding diaryl/α,β-unsaturated/α-hetero) is 1. The molecule has 0 bridgehead atoms. The molecule has 0 atom stereocenters. The van der Waals surface area contributed by atoms with Gasteiger partial charge in [-0.05, 0) is 37.7 Å². The summed E-state index contributed by atoms with van der Waals surface area (Å²) in [6.07, 6.45) is 0. The molecule has 7 nitrogen and oxygen atoms in total. The molecule has 0 unspecified atom stereocenters. The minimum Gasteiger partial charge on any atom is -0.497 e. The summed E-state index contributed by atoms with van der Waals surface area (Å²) >= 11 is 0. The molecule has 0 spiro atoms. The normalized spacial score (nSPS) is 10.4. The molecule has 2 aromatic carbocycles. The maximum atomic E-state index is 12.3. The first-order valence-corrected chi connectivity index (χ1v) is 8.98. The van der Waals surface area contributed by atoms with Gasteiger partial charge in [-0.15, -0.1) is 0 Å². The number of hydrogen-bond donors (Lipinski definition) is 2. The van der Waals surface area contributed by atoms with Crippen molar-refractivity contribution < 1.29 is 19.1 Å². The molecular formula is C21H25N3O4. The number of ether oxygens (including phenoxy) is 1. The number of carbonyl (C=O) groups excluding carboxylic acids is 3. The van der Waals surface area contributed by atoms with Crippen LogP contribution in [0.3, 0.4) is 0 Å². The molecule has 0 saturated carbocycles. The van der Waals surface area contributed by atoms with Gasteiger partial charge >= 0.3 is 0 Å². The average Bonchev–Trinajstić information content (AvgIpc) is 2.67. The molecule has 0 fully saturated rings. The van der Waals surface area contributed by atoms with Crippen LogP contribution in [0.2, 0.25) is 0 Å². The van der Waals surface area contributed by atoms with E-state index in [2.05, 4.69) is 10.6 Å². The Morgan fingerprint density at radius 1 is 0.929 bits per heavy atom. The molecule has 0 aromatic heterocycles. The molecule has 2 rings (SSSR count). The smallest absolute Gasteiger partial charge is 0.238 e. The van der Waals surface area contributed by atoms with Gasteiger partial charge in [0.25, 0.3) is 0 Å². The lowest BCUT2D eigenvalue weighted by Gasteiger charge is -2.19. The van der Waals surface area contributed by atoms with Gasteiger partial charge in [0.2, 0.25) is 11.8 Å². The van der Waals surface area contributed by atoms with Gasteiger partial charge in [-0.2, -0.15) is 0 Å². The Morgan fingerprint density at radius 3 is 2.04 bits per heavy atom. The van der Waals surface area contributed by atoms with E-state index in [1.807, 2.05) is 6.92 Å². The highest BCUT2D eigenvalue weighted by molar-refractivity contribution is 5.98. The molecule has 28 heavy (non-hydrogen) atoms. The van der Waals surface area contributed by atoms with Crippen LogP contribution in [0.25, 0.3) is 0 Å². The highest BCUT2D eigenvalue weighted by atomic mass is 16.5. The van der Waals surface area contributed by atoms with E-state index in [1.54, 1.807) is 60.5 Å². The number of hydrogen-bond acceptors (Lipinski definition) is 5. The van der Waals surface area contributed by atoms with E-state index in [4.69, 9.17) is 4.74 Å². The zero-order chi connectivity index (χ0) is 20.5. The molecule has 2 amide bonds.